The van der Waals surface area contributed by atoms with Crippen LogP contribution >= 0.6 is 0 Å². The SMILES string of the molecule is Cc1cc(-c2cnn(-c3ccc(Oc4ccccc4)cc3)c2)nc2ccccc12. The number of rotatable bonds is 4. The van der Waals surface area contributed by atoms with Gasteiger partial charge in [0.2, 0.25) is 0 Å². The van der Waals surface area contributed by atoms with Crippen LogP contribution in [0.5, 0.6) is 11.5 Å². The predicted molar refractivity (Wildman–Crippen MR) is 116 cm³/mol. The number of ether oxygens (including phenoxy) is 1. The normalized spacial score (nSPS) is 10.9. The van der Waals surface area contributed by atoms with Crippen molar-refractivity contribution in [1.82, 2.24) is 14.8 Å². The molecule has 29 heavy (non-hydrogen) atoms. The maximum absolute atomic E-state index is 5.86. The molecule has 0 atom stereocenters. The van der Waals surface area contributed by atoms with E-state index in [9.17, 15) is 0 Å². The Morgan fingerprint density at radius 1 is 0.793 bits per heavy atom. The molecule has 0 amide bonds. The third-order valence-electron chi connectivity index (χ3n) is 4.88. The van der Waals surface area contributed by atoms with Crippen LogP contribution in [0.4, 0.5) is 0 Å². The highest BCUT2D eigenvalue weighted by molar-refractivity contribution is 5.84. The van der Waals surface area contributed by atoms with Gasteiger partial charge in [0.1, 0.15) is 11.5 Å². The first-order valence-electron chi connectivity index (χ1n) is 9.51. The smallest absolute Gasteiger partial charge is 0.127 e. The third-order valence-corrected chi connectivity index (χ3v) is 4.88. The van der Waals surface area contributed by atoms with Gasteiger partial charge in [-0.2, -0.15) is 5.10 Å². The summed E-state index contributed by atoms with van der Waals surface area (Å²) in [6.07, 6.45) is 3.86. The molecule has 5 rings (SSSR count). The first kappa shape index (κ1) is 17.2. The highest BCUT2D eigenvalue weighted by Crippen LogP contribution is 2.26. The van der Waals surface area contributed by atoms with Crippen LogP contribution in [0.25, 0.3) is 27.8 Å². The third kappa shape index (κ3) is 3.48. The van der Waals surface area contributed by atoms with E-state index in [1.54, 1.807) is 0 Å². The maximum atomic E-state index is 5.86. The van der Waals surface area contributed by atoms with Crippen molar-refractivity contribution in [1.29, 1.82) is 0 Å². The summed E-state index contributed by atoms with van der Waals surface area (Å²) in [7, 11) is 0. The standard InChI is InChI=1S/C25H19N3O/c1-18-15-25(27-24-10-6-5-9-23(18)24)19-16-26-28(17-19)20-11-13-22(14-12-20)29-21-7-3-2-4-8-21/h2-17H,1H3. The summed E-state index contributed by atoms with van der Waals surface area (Å²) in [4.78, 5) is 4.80. The molecule has 4 nitrogen and oxygen atoms in total. The second-order valence-corrected chi connectivity index (χ2v) is 6.92. The Kier molecular flexibility index (Phi) is 4.30. The van der Waals surface area contributed by atoms with Crippen molar-refractivity contribution in [2.75, 3.05) is 0 Å². The minimum absolute atomic E-state index is 0.791. The van der Waals surface area contributed by atoms with Crippen LogP contribution in [0, 0.1) is 6.92 Å². The molecule has 5 aromatic rings. The Bertz CT molecular complexity index is 1270. The lowest BCUT2D eigenvalue weighted by atomic mass is 10.1. The molecule has 0 fully saturated rings. The summed E-state index contributed by atoms with van der Waals surface area (Å²) < 4.78 is 7.71. The highest BCUT2D eigenvalue weighted by Gasteiger charge is 2.08. The van der Waals surface area contributed by atoms with Gasteiger partial charge in [0.25, 0.3) is 0 Å². The van der Waals surface area contributed by atoms with E-state index in [-0.39, 0.29) is 0 Å². The number of para-hydroxylation sites is 2. The largest absolute Gasteiger partial charge is 0.457 e. The van der Waals surface area contributed by atoms with Crippen LogP contribution in [-0.4, -0.2) is 14.8 Å². The van der Waals surface area contributed by atoms with Crippen LogP contribution in [0.1, 0.15) is 5.56 Å². The molecule has 4 heteroatoms. The molecular formula is C25H19N3O. The van der Waals surface area contributed by atoms with Gasteiger partial charge < -0.3 is 4.74 Å². The van der Waals surface area contributed by atoms with E-state index in [0.717, 1.165) is 34.0 Å². The Labute approximate surface area is 169 Å². The molecule has 0 aliphatic heterocycles. The molecule has 0 unspecified atom stereocenters. The molecule has 0 aliphatic carbocycles. The van der Waals surface area contributed by atoms with Crippen molar-refractivity contribution in [3.8, 4) is 28.4 Å². The maximum Gasteiger partial charge on any atom is 0.127 e. The van der Waals surface area contributed by atoms with E-state index in [1.807, 2.05) is 89.9 Å². The number of pyridine rings is 1. The van der Waals surface area contributed by atoms with Crippen LogP contribution in [0.15, 0.2) is 97.3 Å². The second-order valence-electron chi connectivity index (χ2n) is 6.92. The summed E-state index contributed by atoms with van der Waals surface area (Å²) in [6.45, 7) is 2.11. The van der Waals surface area contributed by atoms with Crippen LogP contribution in [0.3, 0.4) is 0 Å². The molecule has 0 bridgehead atoms. The second kappa shape index (κ2) is 7.24. The molecule has 2 aromatic heterocycles. The quantitative estimate of drug-likeness (QED) is 0.375. The van der Waals surface area contributed by atoms with Gasteiger partial charge in [-0.1, -0.05) is 36.4 Å². The molecule has 0 radical (unpaired) electrons. The Morgan fingerprint density at radius 2 is 1.52 bits per heavy atom. The van der Waals surface area contributed by atoms with Crippen molar-refractivity contribution in [3.63, 3.8) is 0 Å². The molecular weight excluding hydrogens is 358 g/mol. The van der Waals surface area contributed by atoms with Gasteiger partial charge in [0, 0.05) is 17.1 Å². The van der Waals surface area contributed by atoms with E-state index >= 15 is 0 Å². The Balaban J connectivity index is 1.41. The highest BCUT2D eigenvalue weighted by atomic mass is 16.5. The first-order chi connectivity index (χ1) is 14.3. The number of hydrogen-bond acceptors (Lipinski definition) is 3. The number of benzene rings is 3. The average molecular weight is 377 g/mol. The molecule has 0 N–H and O–H groups in total. The number of hydrogen-bond donors (Lipinski definition) is 0. The van der Waals surface area contributed by atoms with Crippen molar-refractivity contribution < 1.29 is 4.74 Å². The summed E-state index contributed by atoms with van der Waals surface area (Å²) in [6, 6.07) is 27.9. The van der Waals surface area contributed by atoms with E-state index in [0.29, 0.717) is 0 Å². The molecule has 0 saturated carbocycles. The average Bonchev–Trinajstić information content (AvgIpc) is 3.25. The number of aromatic nitrogens is 3. The van der Waals surface area contributed by atoms with Crippen LogP contribution in [0.2, 0.25) is 0 Å². The zero-order valence-electron chi connectivity index (χ0n) is 16.0. The fraction of sp³-hybridized carbons (Fsp3) is 0.0400. The number of aryl methyl sites for hydroxylation is 1. The van der Waals surface area contributed by atoms with E-state index in [1.165, 1.54) is 10.9 Å². The summed E-state index contributed by atoms with van der Waals surface area (Å²) >= 11 is 0. The van der Waals surface area contributed by atoms with Gasteiger partial charge in [-0.15, -0.1) is 0 Å². The molecule has 0 saturated heterocycles. The molecule has 3 aromatic carbocycles. The minimum Gasteiger partial charge on any atom is -0.457 e. The first-order valence-corrected chi connectivity index (χ1v) is 9.51. The Hall–Kier alpha value is -3.92. The predicted octanol–water partition coefficient (Wildman–Crippen LogP) is 6.19. The van der Waals surface area contributed by atoms with E-state index < -0.39 is 0 Å². The fourth-order valence-corrected chi connectivity index (χ4v) is 3.39. The van der Waals surface area contributed by atoms with Crippen LogP contribution in [-0.2, 0) is 0 Å². The van der Waals surface area contributed by atoms with E-state index in [4.69, 9.17) is 9.72 Å². The minimum atomic E-state index is 0.791. The topological polar surface area (TPSA) is 39.9 Å². The molecule has 0 aliphatic rings. The van der Waals surface area contributed by atoms with Gasteiger partial charge in [-0.05, 0) is 61.0 Å². The zero-order valence-corrected chi connectivity index (χ0v) is 16.0. The van der Waals surface area contributed by atoms with Crippen molar-refractivity contribution in [2.24, 2.45) is 0 Å². The lowest BCUT2D eigenvalue weighted by molar-refractivity contribution is 0.482. The van der Waals surface area contributed by atoms with Crippen molar-refractivity contribution in [3.05, 3.63) is 103 Å². The lowest BCUT2D eigenvalue weighted by Gasteiger charge is -2.07. The van der Waals surface area contributed by atoms with Gasteiger partial charge in [-0.3, -0.25) is 0 Å². The van der Waals surface area contributed by atoms with E-state index in [2.05, 4.69) is 24.2 Å². The molecule has 140 valence electrons. The zero-order chi connectivity index (χ0) is 19.6. The van der Waals surface area contributed by atoms with Gasteiger partial charge in [0.15, 0.2) is 0 Å². The van der Waals surface area contributed by atoms with Crippen molar-refractivity contribution >= 4 is 10.9 Å². The molecule has 0 spiro atoms. The summed E-state index contributed by atoms with van der Waals surface area (Å²) in [5, 5.41) is 5.70. The van der Waals surface area contributed by atoms with Crippen LogP contribution < -0.4 is 4.74 Å². The van der Waals surface area contributed by atoms with Gasteiger partial charge in [-0.25, -0.2) is 9.67 Å². The van der Waals surface area contributed by atoms with Gasteiger partial charge >= 0.3 is 0 Å². The molecule has 2 heterocycles. The number of fused-ring (bicyclic) bond motifs is 1. The van der Waals surface area contributed by atoms with Crippen molar-refractivity contribution in [2.45, 2.75) is 6.92 Å². The monoisotopic (exact) mass is 377 g/mol. The van der Waals surface area contributed by atoms with Gasteiger partial charge in [0.05, 0.1) is 23.1 Å². The number of nitrogens with zero attached hydrogens (tertiary/aromatic N) is 3. The Morgan fingerprint density at radius 3 is 2.34 bits per heavy atom. The lowest BCUT2D eigenvalue weighted by Crippen LogP contribution is -1.94. The summed E-state index contributed by atoms with van der Waals surface area (Å²) in [5.41, 5.74) is 5.09. The summed E-state index contributed by atoms with van der Waals surface area (Å²) in [5.74, 6) is 1.61. The fourth-order valence-electron chi connectivity index (χ4n) is 3.39.